The van der Waals surface area contributed by atoms with Crippen molar-refractivity contribution in [1.82, 2.24) is 15.3 Å². The molecule has 2 aromatic rings. The van der Waals surface area contributed by atoms with Crippen molar-refractivity contribution in [2.24, 2.45) is 0 Å². The van der Waals surface area contributed by atoms with Gasteiger partial charge in [0, 0.05) is 22.9 Å². The number of benzene rings is 1. The molecule has 0 atom stereocenters. The zero-order chi connectivity index (χ0) is 16.2. The van der Waals surface area contributed by atoms with Gasteiger partial charge >= 0.3 is 0 Å². The summed E-state index contributed by atoms with van der Waals surface area (Å²) in [6.45, 7) is 0. The minimum absolute atomic E-state index is 0.0901. The van der Waals surface area contributed by atoms with E-state index < -0.39 is 0 Å². The van der Waals surface area contributed by atoms with Crippen molar-refractivity contribution in [2.75, 3.05) is 0 Å². The highest BCUT2D eigenvalue weighted by Gasteiger charge is 2.23. The highest BCUT2D eigenvalue weighted by atomic mass is 35.5. The second kappa shape index (κ2) is 7.19. The summed E-state index contributed by atoms with van der Waals surface area (Å²) in [6.07, 6.45) is 2.20. The van der Waals surface area contributed by atoms with Crippen molar-refractivity contribution in [3.8, 4) is 0 Å². The van der Waals surface area contributed by atoms with Crippen LogP contribution in [0, 0.1) is 0 Å². The van der Waals surface area contributed by atoms with Crippen LogP contribution in [-0.2, 0) is 17.0 Å². The summed E-state index contributed by atoms with van der Waals surface area (Å²) in [6, 6.07) is 9.21. The minimum Gasteiger partial charge on any atom is -0.353 e. The number of hydrogen-bond donors (Lipinski definition) is 2. The van der Waals surface area contributed by atoms with Crippen molar-refractivity contribution >= 4 is 29.3 Å². The lowest BCUT2D eigenvalue weighted by Crippen LogP contribution is -2.28. The Kier molecular flexibility index (Phi) is 5.03. The Bertz CT molecular complexity index is 774. The lowest BCUT2D eigenvalue weighted by Gasteiger charge is -2.06. The first-order valence-corrected chi connectivity index (χ1v) is 8.72. The van der Waals surface area contributed by atoms with Gasteiger partial charge in [-0.15, -0.1) is 0 Å². The molecule has 0 radical (unpaired) electrons. The van der Waals surface area contributed by atoms with Crippen molar-refractivity contribution in [1.29, 1.82) is 0 Å². The van der Waals surface area contributed by atoms with Crippen LogP contribution in [0.5, 0.6) is 0 Å². The maximum absolute atomic E-state index is 11.8. The number of aromatic amines is 1. The van der Waals surface area contributed by atoms with E-state index in [1.54, 1.807) is 0 Å². The predicted octanol–water partition coefficient (Wildman–Crippen LogP) is 2.54. The number of carbonyl (C=O) groups is 1. The van der Waals surface area contributed by atoms with Gasteiger partial charge in [-0.05, 0) is 24.5 Å². The molecule has 5 nitrogen and oxygen atoms in total. The molecule has 1 fully saturated rings. The first-order valence-electron chi connectivity index (χ1n) is 7.36. The summed E-state index contributed by atoms with van der Waals surface area (Å²) in [5, 5.41) is 4.07. The second-order valence-electron chi connectivity index (χ2n) is 5.44. The van der Waals surface area contributed by atoms with Crippen LogP contribution in [0.3, 0.4) is 0 Å². The molecular weight excluding hydrogens is 334 g/mol. The average Bonchev–Trinajstić information content (AvgIpc) is 3.29. The quantitative estimate of drug-likeness (QED) is 0.620. The molecule has 0 bridgehead atoms. The Morgan fingerprint density at radius 2 is 2.17 bits per heavy atom. The summed E-state index contributed by atoms with van der Waals surface area (Å²) in [5.74, 6) is 0.507. The first-order chi connectivity index (χ1) is 11.1. The normalized spacial score (nSPS) is 13.8. The van der Waals surface area contributed by atoms with Crippen molar-refractivity contribution in [2.45, 2.75) is 36.2 Å². The number of carbonyl (C=O) groups excluding carboxylic acids is 1. The van der Waals surface area contributed by atoms with Gasteiger partial charge in [0.1, 0.15) is 0 Å². The van der Waals surface area contributed by atoms with Gasteiger partial charge in [-0.25, -0.2) is 4.98 Å². The van der Waals surface area contributed by atoms with Crippen LogP contribution in [0.25, 0.3) is 0 Å². The van der Waals surface area contributed by atoms with E-state index in [1.165, 1.54) is 17.8 Å². The van der Waals surface area contributed by atoms with E-state index in [4.69, 9.17) is 11.6 Å². The van der Waals surface area contributed by atoms with Crippen molar-refractivity contribution in [3.63, 3.8) is 0 Å². The van der Waals surface area contributed by atoms with Crippen LogP contribution >= 0.6 is 23.4 Å². The highest BCUT2D eigenvalue weighted by molar-refractivity contribution is 7.98. The number of hydrogen-bond acceptors (Lipinski definition) is 4. The first kappa shape index (κ1) is 16.1. The molecule has 1 amide bonds. The van der Waals surface area contributed by atoms with Crippen LogP contribution in [0.4, 0.5) is 0 Å². The van der Waals surface area contributed by atoms with E-state index in [1.807, 2.05) is 24.3 Å². The maximum atomic E-state index is 11.8. The van der Waals surface area contributed by atoms with Gasteiger partial charge in [-0.1, -0.05) is 41.6 Å². The number of halogens is 1. The Hall–Kier alpha value is -1.79. The van der Waals surface area contributed by atoms with Gasteiger partial charge in [0.15, 0.2) is 5.16 Å². The van der Waals surface area contributed by atoms with E-state index in [0.717, 1.165) is 18.4 Å². The summed E-state index contributed by atoms with van der Waals surface area (Å²) in [7, 11) is 0. The monoisotopic (exact) mass is 349 g/mol. The SMILES string of the molecule is O=C(Cc1cc(=O)[nH]c(SCc2ccccc2Cl)n1)NC1CC1. The van der Waals surface area contributed by atoms with Gasteiger partial charge in [-0.2, -0.15) is 0 Å². The van der Waals surface area contributed by atoms with Crippen LogP contribution < -0.4 is 10.9 Å². The topological polar surface area (TPSA) is 74.8 Å². The number of rotatable bonds is 6. The molecule has 7 heteroatoms. The molecule has 1 heterocycles. The summed E-state index contributed by atoms with van der Waals surface area (Å²) in [5.41, 5.74) is 1.20. The van der Waals surface area contributed by atoms with Crippen LogP contribution in [0.1, 0.15) is 24.1 Å². The Labute approximate surface area is 142 Å². The van der Waals surface area contributed by atoms with Gasteiger partial charge in [-0.3, -0.25) is 9.59 Å². The van der Waals surface area contributed by atoms with E-state index in [9.17, 15) is 9.59 Å². The average molecular weight is 350 g/mol. The fourth-order valence-corrected chi connectivity index (χ4v) is 3.26. The zero-order valence-electron chi connectivity index (χ0n) is 12.3. The molecular formula is C16H16ClN3O2S. The van der Waals surface area contributed by atoms with E-state index in [-0.39, 0.29) is 17.9 Å². The molecule has 3 rings (SSSR count). The smallest absolute Gasteiger partial charge is 0.251 e. The predicted molar refractivity (Wildman–Crippen MR) is 90.7 cm³/mol. The lowest BCUT2D eigenvalue weighted by molar-refractivity contribution is -0.120. The van der Waals surface area contributed by atoms with Crippen LogP contribution in [-0.4, -0.2) is 21.9 Å². The number of amides is 1. The molecule has 1 aliphatic rings. The molecule has 0 saturated heterocycles. The van der Waals surface area contributed by atoms with Crippen LogP contribution in [0.15, 0.2) is 40.3 Å². The Morgan fingerprint density at radius 1 is 1.39 bits per heavy atom. The van der Waals surface area contributed by atoms with Crippen LogP contribution in [0.2, 0.25) is 5.02 Å². The highest BCUT2D eigenvalue weighted by Crippen LogP contribution is 2.24. The molecule has 1 aromatic carbocycles. The number of nitrogens with zero attached hydrogens (tertiary/aromatic N) is 1. The largest absolute Gasteiger partial charge is 0.353 e. The summed E-state index contributed by atoms with van der Waals surface area (Å²) in [4.78, 5) is 30.6. The molecule has 0 unspecified atom stereocenters. The lowest BCUT2D eigenvalue weighted by atomic mass is 10.2. The van der Waals surface area contributed by atoms with Gasteiger partial charge in [0.2, 0.25) is 5.91 Å². The van der Waals surface area contributed by atoms with Crippen molar-refractivity contribution in [3.05, 3.63) is 57.0 Å². The Morgan fingerprint density at radius 3 is 2.91 bits per heavy atom. The fraction of sp³-hybridized carbons (Fsp3) is 0.312. The number of thioether (sulfide) groups is 1. The maximum Gasteiger partial charge on any atom is 0.251 e. The molecule has 23 heavy (non-hydrogen) atoms. The molecule has 0 aliphatic heterocycles. The third kappa shape index (κ3) is 4.84. The molecule has 120 valence electrons. The number of aromatic nitrogens is 2. The van der Waals surface area contributed by atoms with E-state index in [0.29, 0.717) is 27.7 Å². The molecule has 2 N–H and O–H groups in total. The standard InChI is InChI=1S/C16H16ClN3O2S/c17-13-4-2-1-3-10(13)9-23-16-19-12(8-15(22)20-16)7-14(21)18-11-5-6-11/h1-4,8,11H,5-7,9H2,(H,18,21)(H,19,20,22). The Balaban J connectivity index is 1.66. The third-order valence-corrected chi connectivity index (χ3v) is 4.67. The second-order valence-corrected chi connectivity index (χ2v) is 6.81. The number of H-pyrrole nitrogens is 1. The number of nitrogens with one attached hydrogen (secondary N) is 2. The zero-order valence-corrected chi connectivity index (χ0v) is 13.9. The third-order valence-electron chi connectivity index (χ3n) is 3.38. The molecule has 0 spiro atoms. The molecule has 1 saturated carbocycles. The van der Waals surface area contributed by atoms with Gasteiger partial charge < -0.3 is 10.3 Å². The van der Waals surface area contributed by atoms with E-state index in [2.05, 4.69) is 15.3 Å². The minimum atomic E-state index is -0.254. The summed E-state index contributed by atoms with van der Waals surface area (Å²) < 4.78 is 0. The van der Waals surface area contributed by atoms with Gasteiger partial charge in [0.05, 0.1) is 12.1 Å². The molecule has 1 aliphatic carbocycles. The van der Waals surface area contributed by atoms with E-state index >= 15 is 0 Å². The molecule has 1 aromatic heterocycles. The van der Waals surface area contributed by atoms with Gasteiger partial charge in [0.25, 0.3) is 5.56 Å². The summed E-state index contributed by atoms with van der Waals surface area (Å²) >= 11 is 7.50. The van der Waals surface area contributed by atoms with Crippen molar-refractivity contribution < 1.29 is 4.79 Å². The fourth-order valence-electron chi connectivity index (χ4n) is 2.07.